The van der Waals surface area contributed by atoms with Crippen LogP contribution in [0.5, 0.6) is 0 Å². The summed E-state index contributed by atoms with van der Waals surface area (Å²) in [5.74, 6) is -0.0314. The van der Waals surface area contributed by atoms with Crippen molar-refractivity contribution >= 4 is 15.7 Å². The first-order valence-electron chi connectivity index (χ1n) is 6.85. The number of rotatable bonds is 9. The third-order valence-electron chi connectivity index (χ3n) is 3.45. The second kappa shape index (κ2) is 7.85. The summed E-state index contributed by atoms with van der Waals surface area (Å²) in [7, 11) is -1.40. The van der Waals surface area contributed by atoms with Gasteiger partial charge in [0.2, 0.25) is 5.91 Å². The highest BCUT2D eigenvalue weighted by Crippen LogP contribution is 2.30. The second-order valence-electron chi connectivity index (χ2n) is 5.34. The van der Waals surface area contributed by atoms with Gasteiger partial charge in [-0.25, -0.2) is 8.42 Å². The van der Waals surface area contributed by atoms with Gasteiger partial charge in [-0.1, -0.05) is 26.7 Å². The number of amides is 1. The van der Waals surface area contributed by atoms with Crippen LogP contribution in [0.1, 0.15) is 39.5 Å². The summed E-state index contributed by atoms with van der Waals surface area (Å²) in [4.78, 5) is 14.1. The van der Waals surface area contributed by atoms with E-state index >= 15 is 0 Å². The molecule has 19 heavy (non-hydrogen) atoms. The minimum atomic E-state index is -3.05. The second-order valence-corrected chi connectivity index (χ2v) is 7.60. The molecular formula is C13H28N2O3S. The number of nitrogens with two attached hydrogens (primary N) is 1. The molecule has 114 valence electrons. The molecule has 0 saturated heterocycles. The van der Waals surface area contributed by atoms with E-state index in [0.29, 0.717) is 6.54 Å². The van der Waals surface area contributed by atoms with Crippen molar-refractivity contribution < 1.29 is 13.2 Å². The van der Waals surface area contributed by atoms with Gasteiger partial charge in [-0.05, 0) is 12.8 Å². The minimum absolute atomic E-state index is 0.00581. The third-order valence-corrected chi connectivity index (χ3v) is 4.37. The smallest absolute Gasteiger partial charge is 0.229 e. The van der Waals surface area contributed by atoms with E-state index in [4.69, 9.17) is 5.73 Å². The van der Waals surface area contributed by atoms with Crippen molar-refractivity contribution in [3.63, 3.8) is 0 Å². The Hall–Kier alpha value is -0.620. The highest BCUT2D eigenvalue weighted by atomic mass is 32.2. The van der Waals surface area contributed by atoms with E-state index in [1.54, 1.807) is 7.05 Å². The van der Waals surface area contributed by atoms with Crippen LogP contribution in [0.15, 0.2) is 0 Å². The minimum Gasteiger partial charge on any atom is -0.344 e. The number of hydrogen-bond acceptors (Lipinski definition) is 4. The van der Waals surface area contributed by atoms with Gasteiger partial charge < -0.3 is 10.6 Å². The fraction of sp³-hybridized carbons (Fsp3) is 0.923. The molecular weight excluding hydrogens is 264 g/mol. The Morgan fingerprint density at radius 1 is 1.21 bits per heavy atom. The molecule has 0 unspecified atom stereocenters. The Labute approximate surface area is 117 Å². The van der Waals surface area contributed by atoms with Crippen LogP contribution in [0.2, 0.25) is 0 Å². The van der Waals surface area contributed by atoms with Crippen LogP contribution in [0, 0.1) is 5.41 Å². The zero-order chi connectivity index (χ0) is 15.1. The van der Waals surface area contributed by atoms with Gasteiger partial charge in [0.15, 0.2) is 0 Å². The lowest BCUT2D eigenvalue weighted by atomic mass is 9.78. The maximum atomic E-state index is 12.5. The average molecular weight is 292 g/mol. The molecule has 0 aliphatic carbocycles. The van der Waals surface area contributed by atoms with E-state index in [1.807, 2.05) is 13.8 Å². The van der Waals surface area contributed by atoms with Crippen LogP contribution < -0.4 is 5.73 Å². The highest BCUT2D eigenvalue weighted by Gasteiger charge is 2.37. The van der Waals surface area contributed by atoms with Crippen LogP contribution in [0.3, 0.4) is 0 Å². The van der Waals surface area contributed by atoms with Gasteiger partial charge in [-0.15, -0.1) is 0 Å². The Kier molecular flexibility index (Phi) is 7.59. The van der Waals surface area contributed by atoms with Crippen LogP contribution >= 0.6 is 0 Å². The topological polar surface area (TPSA) is 80.5 Å². The van der Waals surface area contributed by atoms with Gasteiger partial charge in [0, 0.05) is 26.4 Å². The Morgan fingerprint density at radius 3 is 2.00 bits per heavy atom. The molecule has 0 aromatic rings. The van der Waals surface area contributed by atoms with Crippen molar-refractivity contribution in [1.82, 2.24) is 4.90 Å². The molecule has 2 N–H and O–H groups in total. The molecule has 0 aliphatic rings. The van der Waals surface area contributed by atoms with E-state index in [2.05, 4.69) is 0 Å². The number of carbonyl (C=O) groups is 1. The van der Waals surface area contributed by atoms with E-state index in [9.17, 15) is 13.2 Å². The molecule has 0 heterocycles. The lowest BCUT2D eigenvalue weighted by Gasteiger charge is -2.34. The number of nitrogens with zero attached hydrogens (tertiary/aromatic N) is 1. The normalized spacial score (nSPS) is 12.5. The number of carbonyl (C=O) groups excluding carboxylic acids is 1. The first-order valence-corrected chi connectivity index (χ1v) is 8.92. The molecule has 0 spiro atoms. The Bertz CT molecular complexity index is 373. The molecule has 6 heteroatoms. The van der Waals surface area contributed by atoms with Crippen molar-refractivity contribution in [3.05, 3.63) is 0 Å². The molecule has 0 aliphatic heterocycles. The summed E-state index contributed by atoms with van der Waals surface area (Å²) in [5.41, 5.74) is 5.30. The zero-order valence-corrected chi connectivity index (χ0v) is 13.4. The Morgan fingerprint density at radius 2 is 1.68 bits per heavy atom. The van der Waals surface area contributed by atoms with Gasteiger partial charge in [-0.3, -0.25) is 4.79 Å². The van der Waals surface area contributed by atoms with Crippen LogP contribution in [0.25, 0.3) is 0 Å². The first-order chi connectivity index (χ1) is 8.72. The van der Waals surface area contributed by atoms with E-state index in [0.717, 1.165) is 25.7 Å². The summed E-state index contributed by atoms with van der Waals surface area (Å²) in [5, 5.41) is 0. The van der Waals surface area contributed by atoms with Gasteiger partial charge in [0.05, 0.1) is 11.2 Å². The molecule has 0 aromatic carbocycles. The summed E-state index contributed by atoms with van der Waals surface area (Å²) in [6.07, 6.45) is 4.46. The molecule has 1 amide bonds. The zero-order valence-electron chi connectivity index (χ0n) is 12.6. The first kappa shape index (κ1) is 18.4. The molecule has 0 rings (SSSR count). The molecule has 0 atom stereocenters. The maximum absolute atomic E-state index is 12.5. The maximum Gasteiger partial charge on any atom is 0.229 e. The third kappa shape index (κ3) is 5.91. The summed E-state index contributed by atoms with van der Waals surface area (Å²) in [6, 6.07) is 0. The van der Waals surface area contributed by atoms with Gasteiger partial charge >= 0.3 is 0 Å². The van der Waals surface area contributed by atoms with E-state index in [-0.39, 0.29) is 18.2 Å². The molecule has 5 nitrogen and oxygen atoms in total. The van der Waals surface area contributed by atoms with E-state index < -0.39 is 15.3 Å². The van der Waals surface area contributed by atoms with Crippen LogP contribution in [-0.2, 0) is 14.6 Å². The van der Waals surface area contributed by atoms with Crippen LogP contribution in [-0.4, -0.2) is 51.4 Å². The standard InChI is InChI=1S/C13H28N2O3S/c1-5-7-13(11-14,8-6-2)12(16)15(3)9-10-19(4,17)18/h5-11,14H2,1-4H3. The average Bonchev–Trinajstić information content (AvgIpc) is 2.33. The van der Waals surface area contributed by atoms with Crippen molar-refractivity contribution in [2.45, 2.75) is 39.5 Å². The molecule has 0 saturated carbocycles. The number of sulfone groups is 1. The summed E-state index contributed by atoms with van der Waals surface area (Å²) < 4.78 is 22.3. The summed E-state index contributed by atoms with van der Waals surface area (Å²) >= 11 is 0. The van der Waals surface area contributed by atoms with Gasteiger partial charge in [0.1, 0.15) is 9.84 Å². The molecule has 0 aromatic heterocycles. The molecule has 0 radical (unpaired) electrons. The quantitative estimate of drug-likeness (QED) is 0.688. The monoisotopic (exact) mass is 292 g/mol. The van der Waals surface area contributed by atoms with E-state index in [1.165, 1.54) is 11.2 Å². The molecule has 0 bridgehead atoms. The van der Waals surface area contributed by atoms with Crippen molar-refractivity contribution in [2.75, 3.05) is 32.1 Å². The predicted octanol–water partition coefficient (Wildman–Crippen LogP) is 1.03. The Balaban J connectivity index is 4.87. The van der Waals surface area contributed by atoms with Crippen LogP contribution in [0.4, 0.5) is 0 Å². The lowest BCUT2D eigenvalue weighted by molar-refractivity contribution is -0.141. The van der Waals surface area contributed by atoms with Crippen molar-refractivity contribution in [1.29, 1.82) is 0 Å². The number of hydrogen-bond donors (Lipinski definition) is 1. The van der Waals surface area contributed by atoms with Gasteiger partial charge in [-0.2, -0.15) is 0 Å². The fourth-order valence-corrected chi connectivity index (χ4v) is 3.00. The highest BCUT2D eigenvalue weighted by molar-refractivity contribution is 7.90. The predicted molar refractivity (Wildman–Crippen MR) is 78.7 cm³/mol. The molecule has 0 fully saturated rings. The lowest BCUT2D eigenvalue weighted by Crippen LogP contribution is -2.47. The largest absolute Gasteiger partial charge is 0.344 e. The van der Waals surface area contributed by atoms with Crippen molar-refractivity contribution in [3.8, 4) is 0 Å². The van der Waals surface area contributed by atoms with Gasteiger partial charge in [0.25, 0.3) is 0 Å². The summed E-state index contributed by atoms with van der Waals surface area (Å²) in [6.45, 7) is 4.61. The SMILES string of the molecule is CCCC(CN)(CCC)C(=O)N(C)CCS(C)(=O)=O. The van der Waals surface area contributed by atoms with Crippen molar-refractivity contribution in [2.24, 2.45) is 11.1 Å². The fourth-order valence-electron chi connectivity index (χ4n) is 2.40.